The number of guanidine groups is 1. The molecule has 0 spiro atoms. The molecule has 0 radical (unpaired) electrons. The molecule has 1 atom stereocenters. The minimum atomic E-state index is -0.240. The second-order valence-electron chi connectivity index (χ2n) is 6.55. The molecule has 0 bridgehead atoms. The Labute approximate surface area is 138 Å². The minimum absolute atomic E-state index is 0.240. The highest BCUT2D eigenvalue weighted by Crippen LogP contribution is 2.34. The maximum absolute atomic E-state index is 6.05. The molecule has 1 aliphatic rings. The highest BCUT2D eigenvalue weighted by Gasteiger charge is 2.30. The van der Waals surface area contributed by atoms with Crippen LogP contribution in [0.1, 0.15) is 31.4 Å². The lowest BCUT2D eigenvalue weighted by molar-refractivity contribution is 0.339. The van der Waals surface area contributed by atoms with Gasteiger partial charge in [-0.2, -0.15) is 0 Å². The third-order valence-corrected chi connectivity index (χ3v) is 4.87. The molecule has 0 amide bonds. The summed E-state index contributed by atoms with van der Waals surface area (Å²) in [4.78, 5) is 6.76. The summed E-state index contributed by atoms with van der Waals surface area (Å²) in [5, 5.41) is 0. The Morgan fingerprint density at radius 1 is 1.13 bits per heavy atom. The zero-order valence-corrected chi connectivity index (χ0v) is 14.2. The van der Waals surface area contributed by atoms with Crippen molar-refractivity contribution < 1.29 is 0 Å². The van der Waals surface area contributed by atoms with Gasteiger partial charge < -0.3 is 10.6 Å². The Balaban J connectivity index is 1.96. The first-order valence-corrected chi connectivity index (χ1v) is 8.28. The fourth-order valence-electron chi connectivity index (χ4n) is 3.07. The number of aliphatic imine (C=N–C) groups is 1. The molecule has 2 N–H and O–H groups in total. The van der Waals surface area contributed by atoms with E-state index in [1.807, 2.05) is 11.9 Å². The molecular weight excluding hydrogens is 282 g/mol. The third kappa shape index (κ3) is 3.09. The van der Waals surface area contributed by atoms with Crippen LogP contribution < -0.4 is 5.73 Å². The number of hydrogen-bond donors (Lipinski definition) is 1. The van der Waals surface area contributed by atoms with E-state index < -0.39 is 0 Å². The van der Waals surface area contributed by atoms with Gasteiger partial charge in [-0.25, -0.2) is 4.99 Å². The van der Waals surface area contributed by atoms with E-state index in [0.717, 1.165) is 19.4 Å². The van der Waals surface area contributed by atoms with Crippen molar-refractivity contribution in [3.05, 3.63) is 59.7 Å². The molecule has 3 rings (SSSR count). The van der Waals surface area contributed by atoms with Crippen molar-refractivity contribution in [2.24, 2.45) is 10.7 Å². The lowest BCUT2D eigenvalue weighted by atomic mass is 9.86. The van der Waals surface area contributed by atoms with Gasteiger partial charge in [-0.3, -0.25) is 0 Å². The van der Waals surface area contributed by atoms with Gasteiger partial charge in [0.25, 0.3) is 0 Å². The van der Waals surface area contributed by atoms with Crippen molar-refractivity contribution in [2.45, 2.75) is 32.2 Å². The van der Waals surface area contributed by atoms with Crippen LogP contribution in [0.2, 0.25) is 0 Å². The fourth-order valence-corrected chi connectivity index (χ4v) is 3.07. The first-order valence-electron chi connectivity index (χ1n) is 8.28. The van der Waals surface area contributed by atoms with Gasteiger partial charge >= 0.3 is 0 Å². The summed E-state index contributed by atoms with van der Waals surface area (Å²) in [7, 11) is 1.99. The molecule has 0 aromatic heterocycles. The van der Waals surface area contributed by atoms with Crippen LogP contribution in [-0.4, -0.2) is 24.5 Å². The van der Waals surface area contributed by atoms with Gasteiger partial charge in [0.2, 0.25) is 0 Å². The summed E-state index contributed by atoms with van der Waals surface area (Å²) < 4.78 is 0. The monoisotopic (exact) mass is 307 g/mol. The van der Waals surface area contributed by atoms with E-state index >= 15 is 0 Å². The average molecular weight is 307 g/mol. The first kappa shape index (κ1) is 15.6. The zero-order chi connectivity index (χ0) is 16.4. The molecule has 3 nitrogen and oxygen atoms in total. The molecule has 1 aliphatic heterocycles. The van der Waals surface area contributed by atoms with E-state index in [0.29, 0.717) is 5.96 Å². The molecule has 0 saturated carbocycles. The summed E-state index contributed by atoms with van der Waals surface area (Å²) >= 11 is 0. The van der Waals surface area contributed by atoms with E-state index in [1.165, 1.54) is 22.3 Å². The maximum Gasteiger partial charge on any atom is 0.191 e. The summed E-state index contributed by atoms with van der Waals surface area (Å²) in [6, 6.07) is 17.5. The first-order chi connectivity index (χ1) is 11.0. The molecule has 2 aromatic rings. The fraction of sp³-hybridized carbons (Fsp3) is 0.350. The highest BCUT2D eigenvalue weighted by molar-refractivity contribution is 5.79. The van der Waals surface area contributed by atoms with Crippen molar-refractivity contribution in [1.82, 2.24) is 4.90 Å². The number of nitrogens with zero attached hydrogens (tertiary/aromatic N) is 2. The van der Waals surface area contributed by atoms with Crippen LogP contribution in [0.3, 0.4) is 0 Å². The van der Waals surface area contributed by atoms with Gasteiger partial charge in [0.15, 0.2) is 5.96 Å². The number of hydrogen-bond acceptors (Lipinski definition) is 3. The largest absolute Gasteiger partial charge is 0.370 e. The molecular formula is C20H25N3. The molecule has 1 unspecified atom stereocenters. The lowest BCUT2D eigenvalue weighted by Crippen LogP contribution is -2.43. The van der Waals surface area contributed by atoms with Crippen molar-refractivity contribution >= 4 is 5.96 Å². The molecule has 0 saturated heterocycles. The van der Waals surface area contributed by atoms with Gasteiger partial charge in [-0.15, -0.1) is 0 Å². The van der Waals surface area contributed by atoms with Crippen LogP contribution >= 0.6 is 0 Å². The van der Waals surface area contributed by atoms with Crippen molar-refractivity contribution in [3.63, 3.8) is 0 Å². The number of aryl methyl sites for hydroxylation is 1. The van der Waals surface area contributed by atoms with Gasteiger partial charge in [-0.05, 0) is 48.1 Å². The van der Waals surface area contributed by atoms with Crippen LogP contribution in [0.5, 0.6) is 0 Å². The predicted octanol–water partition coefficient (Wildman–Crippen LogP) is 3.78. The van der Waals surface area contributed by atoms with Crippen LogP contribution in [0.4, 0.5) is 0 Å². The SMILES string of the molecule is CCc1ccc(-c2cccc(C3(C)CCN(C)C(N)=N3)c2)cc1. The minimum Gasteiger partial charge on any atom is -0.370 e. The Morgan fingerprint density at radius 2 is 1.87 bits per heavy atom. The van der Waals surface area contributed by atoms with E-state index in [9.17, 15) is 0 Å². The molecule has 120 valence electrons. The predicted molar refractivity (Wildman–Crippen MR) is 97.5 cm³/mol. The lowest BCUT2D eigenvalue weighted by Gasteiger charge is -2.35. The van der Waals surface area contributed by atoms with Gasteiger partial charge in [-0.1, -0.05) is 49.4 Å². The van der Waals surface area contributed by atoms with Crippen LogP contribution in [0.15, 0.2) is 53.5 Å². The Morgan fingerprint density at radius 3 is 2.52 bits per heavy atom. The highest BCUT2D eigenvalue weighted by atomic mass is 15.3. The van der Waals surface area contributed by atoms with E-state index in [4.69, 9.17) is 10.7 Å². The third-order valence-electron chi connectivity index (χ3n) is 4.87. The van der Waals surface area contributed by atoms with Crippen LogP contribution in [-0.2, 0) is 12.0 Å². The molecule has 23 heavy (non-hydrogen) atoms. The van der Waals surface area contributed by atoms with Crippen LogP contribution in [0.25, 0.3) is 11.1 Å². The second-order valence-corrected chi connectivity index (χ2v) is 6.55. The standard InChI is InChI=1S/C20H25N3/c1-4-15-8-10-16(11-9-15)17-6-5-7-18(14-17)20(2)12-13-23(3)19(21)22-20/h5-11,14H,4,12-13H2,1-3H3,(H2,21,22). The van der Waals surface area contributed by atoms with Gasteiger partial charge in [0.05, 0.1) is 5.54 Å². The van der Waals surface area contributed by atoms with Crippen molar-refractivity contribution in [1.29, 1.82) is 0 Å². The average Bonchev–Trinajstić information content (AvgIpc) is 2.59. The van der Waals surface area contributed by atoms with E-state index in [-0.39, 0.29) is 5.54 Å². The maximum atomic E-state index is 6.05. The molecule has 0 fully saturated rings. The normalized spacial score (nSPS) is 21.2. The van der Waals surface area contributed by atoms with Crippen LogP contribution in [0, 0.1) is 0 Å². The Hall–Kier alpha value is -2.29. The number of nitrogens with two attached hydrogens (primary N) is 1. The van der Waals surface area contributed by atoms with Gasteiger partial charge in [0.1, 0.15) is 0 Å². The summed E-state index contributed by atoms with van der Waals surface area (Å²) in [5.41, 5.74) is 10.9. The summed E-state index contributed by atoms with van der Waals surface area (Å²) in [5.74, 6) is 0.622. The number of benzene rings is 2. The molecule has 2 aromatic carbocycles. The van der Waals surface area contributed by atoms with Crippen molar-refractivity contribution in [3.8, 4) is 11.1 Å². The van der Waals surface area contributed by atoms with Crippen molar-refractivity contribution in [2.75, 3.05) is 13.6 Å². The van der Waals surface area contributed by atoms with Gasteiger partial charge in [0, 0.05) is 13.6 Å². The molecule has 1 heterocycles. The Bertz CT molecular complexity index is 718. The second kappa shape index (κ2) is 6.07. The summed E-state index contributed by atoms with van der Waals surface area (Å²) in [6.07, 6.45) is 2.04. The Kier molecular flexibility index (Phi) is 4.12. The topological polar surface area (TPSA) is 41.6 Å². The van der Waals surface area contributed by atoms with E-state index in [2.05, 4.69) is 62.4 Å². The molecule has 0 aliphatic carbocycles. The van der Waals surface area contributed by atoms with E-state index in [1.54, 1.807) is 0 Å². The zero-order valence-electron chi connectivity index (χ0n) is 14.2. The quantitative estimate of drug-likeness (QED) is 0.937. The number of rotatable bonds is 3. The smallest absolute Gasteiger partial charge is 0.191 e. The summed E-state index contributed by atoms with van der Waals surface area (Å²) in [6.45, 7) is 5.28. The molecule has 3 heteroatoms.